The number of nitrogens with zero attached hydrogens (tertiary/aromatic N) is 3. The Hall–Kier alpha value is -0.580. The van der Waals surface area contributed by atoms with Crippen LogP contribution in [-0.2, 0) is 9.09 Å². The smallest absolute Gasteiger partial charge is 0.372 e. The lowest BCUT2D eigenvalue weighted by atomic mass is 10.7. The van der Waals surface area contributed by atoms with Crippen LogP contribution >= 0.6 is 7.67 Å². The van der Waals surface area contributed by atoms with Crippen LogP contribution in [0.3, 0.4) is 0 Å². The van der Waals surface area contributed by atoms with Gasteiger partial charge in [-0.2, -0.15) is 0 Å². The van der Waals surface area contributed by atoms with Crippen molar-refractivity contribution in [1.82, 2.24) is 14.2 Å². The minimum Gasteiger partial charge on any atom is -0.372 e. The molecule has 0 bridgehead atoms. The number of carbonyl (C=O) groups excluding carboxylic acids is 1. The Labute approximate surface area is 110 Å². The highest BCUT2D eigenvalue weighted by Crippen LogP contribution is 2.54. The zero-order valence-electron chi connectivity index (χ0n) is 12.3. The van der Waals surface area contributed by atoms with Crippen LogP contribution in [0.2, 0.25) is 0 Å². The van der Waals surface area contributed by atoms with Crippen molar-refractivity contribution in [2.24, 2.45) is 0 Å². The van der Waals surface area contributed by atoms with Gasteiger partial charge in [-0.1, -0.05) is 27.7 Å². The van der Waals surface area contributed by atoms with Crippen molar-refractivity contribution < 1.29 is 13.9 Å². The molecule has 18 heavy (non-hydrogen) atoms. The molecule has 6 nitrogen and oxygen atoms in total. The highest BCUT2D eigenvalue weighted by atomic mass is 31.2. The van der Waals surface area contributed by atoms with Crippen LogP contribution in [0.25, 0.3) is 0 Å². The van der Waals surface area contributed by atoms with Crippen LogP contribution in [0.5, 0.6) is 0 Å². The van der Waals surface area contributed by atoms with E-state index in [1.807, 2.05) is 27.7 Å². The summed E-state index contributed by atoms with van der Waals surface area (Å²) in [5.41, 5.74) is 0. The van der Waals surface area contributed by atoms with E-state index in [9.17, 15) is 9.36 Å². The average Bonchev–Trinajstić information content (AvgIpc) is 2.31. The Morgan fingerprint density at radius 1 is 0.944 bits per heavy atom. The summed E-state index contributed by atoms with van der Waals surface area (Å²) in [4.78, 5) is 13.0. The van der Waals surface area contributed by atoms with Crippen molar-refractivity contribution in [2.45, 2.75) is 27.7 Å². The molecule has 0 radical (unpaired) electrons. The van der Waals surface area contributed by atoms with Gasteiger partial charge in [0.2, 0.25) is 0 Å². The van der Waals surface area contributed by atoms with Gasteiger partial charge < -0.3 is 9.42 Å². The van der Waals surface area contributed by atoms with Gasteiger partial charge in [-0.15, -0.1) is 0 Å². The molecule has 0 heterocycles. The Morgan fingerprint density at radius 3 is 1.50 bits per heavy atom. The largest absolute Gasteiger partial charge is 0.416 e. The van der Waals surface area contributed by atoms with Gasteiger partial charge in [-0.05, 0) is 0 Å². The quantitative estimate of drug-likeness (QED) is 0.670. The van der Waals surface area contributed by atoms with E-state index in [2.05, 4.69) is 0 Å². The van der Waals surface area contributed by atoms with Gasteiger partial charge in [0, 0.05) is 40.3 Å². The van der Waals surface area contributed by atoms with Gasteiger partial charge in [0.25, 0.3) is 0 Å². The molecule has 1 amide bonds. The minimum atomic E-state index is -3.27. The van der Waals surface area contributed by atoms with Crippen molar-refractivity contribution >= 4 is 13.8 Å². The highest BCUT2D eigenvalue weighted by Gasteiger charge is 2.39. The molecular weight excluding hydrogens is 253 g/mol. The summed E-state index contributed by atoms with van der Waals surface area (Å²) in [6.45, 7) is 9.92. The molecule has 0 aromatic carbocycles. The Balaban J connectivity index is 5.26. The third kappa shape index (κ3) is 3.97. The lowest BCUT2D eigenvalue weighted by molar-refractivity contribution is 0.157. The summed E-state index contributed by atoms with van der Waals surface area (Å²) >= 11 is 0. The Kier molecular flexibility index (Phi) is 7.52. The predicted molar refractivity (Wildman–Crippen MR) is 73.6 cm³/mol. The van der Waals surface area contributed by atoms with E-state index in [1.165, 1.54) is 4.90 Å². The van der Waals surface area contributed by atoms with Crippen LogP contribution in [0.1, 0.15) is 27.7 Å². The first-order chi connectivity index (χ1) is 8.37. The topological polar surface area (TPSA) is 53.1 Å². The average molecular weight is 279 g/mol. The summed E-state index contributed by atoms with van der Waals surface area (Å²) in [5, 5.41) is 0. The number of hydrogen-bond acceptors (Lipinski definition) is 3. The molecule has 0 N–H and O–H groups in total. The molecule has 0 aliphatic heterocycles. The maximum Gasteiger partial charge on any atom is 0.416 e. The highest BCUT2D eigenvalue weighted by molar-refractivity contribution is 7.54. The molecule has 7 heteroatoms. The normalized spacial score (nSPS) is 12.0. The molecule has 0 saturated carbocycles. The minimum absolute atomic E-state index is 0.572. The fourth-order valence-electron chi connectivity index (χ4n) is 1.64. The van der Waals surface area contributed by atoms with E-state index in [4.69, 9.17) is 4.52 Å². The van der Waals surface area contributed by atoms with Gasteiger partial charge in [-0.3, -0.25) is 0 Å². The summed E-state index contributed by atoms with van der Waals surface area (Å²) in [6, 6.07) is 0. The van der Waals surface area contributed by atoms with E-state index >= 15 is 0 Å². The van der Waals surface area contributed by atoms with Crippen LogP contribution < -0.4 is 0 Å². The first-order valence-electron chi connectivity index (χ1n) is 6.38. The van der Waals surface area contributed by atoms with E-state index < -0.39 is 13.8 Å². The van der Waals surface area contributed by atoms with Crippen molar-refractivity contribution in [3.8, 4) is 0 Å². The zero-order chi connectivity index (χ0) is 14.3. The van der Waals surface area contributed by atoms with Gasteiger partial charge in [0.1, 0.15) is 0 Å². The lowest BCUT2D eigenvalue weighted by Crippen LogP contribution is -2.36. The molecule has 0 atom stereocenters. The summed E-state index contributed by atoms with van der Waals surface area (Å²) in [7, 11) is -0.113. The van der Waals surface area contributed by atoms with Crippen molar-refractivity contribution in [3.05, 3.63) is 0 Å². The number of carbonyl (C=O) groups is 1. The number of amides is 1. The third-order valence-corrected chi connectivity index (χ3v) is 5.69. The van der Waals surface area contributed by atoms with Crippen LogP contribution in [0.15, 0.2) is 0 Å². The molecule has 0 rings (SSSR count). The third-order valence-electron chi connectivity index (χ3n) is 2.74. The first-order valence-corrected chi connectivity index (χ1v) is 7.92. The van der Waals surface area contributed by atoms with Gasteiger partial charge >= 0.3 is 13.8 Å². The molecule has 0 aromatic heterocycles. The molecule has 0 fully saturated rings. The van der Waals surface area contributed by atoms with Crippen molar-refractivity contribution in [3.63, 3.8) is 0 Å². The first kappa shape index (κ1) is 17.4. The summed E-state index contributed by atoms with van der Waals surface area (Å²) in [5.74, 6) is 0. The maximum atomic E-state index is 13.0. The molecule has 0 aromatic rings. The van der Waals surface area contributed by atoms with E-state index in [0.717, 1.165) is 0 Å². The summed E-state index contributed by atoms with van der Waals surface area (Å²) in [6.07, 6.45) is -0.572. The zero-order valence-corrected chi connectivity index (χ0v) is 13.2. The van der Waals surface area contributed by atoms with Crippen LogP contribution in [-0.4, -0.2) is 60.6 Å². The van der Waals surface area contributed by atoms with Crippen molar-refractivity contribution in [2.75, 3.05) is 40.3 Å². The predicted octanol–water partition coefficient (Wildman–Crippen LogP) is 2.48. The van der Waals surface area contributed by atoms with Crippen LogP contribution in [0.4, 0.5) is 4.79 Å². The molecule has 0 aliphatic carbocycles. The lowest BCUT2D eigenvalue weighted by Gasteiger charge is -2.35. The van der Waals surface area contributed by atoms with Gasteiger partial charge in [0.05, 0.1) is 0 Å². The fourth-order valence-corrected chi connectivity index (χ4v) is 4.03. The van der Waals surface area contributed by atoms with Gasteiger partial charge in [0.15, 0.2) is 0 Å². The molecule has 0 spiro atoms. The van der Waals surface area contributed by atoms with Crippen LogP contribution in [0, 0.1) is 0 Å². The number of rotatable bonds is 7. The maximum absolute atomic E-state index is 13.0. The molecule has 108 valence electrons. The fraction of sp³-hybridized carbons (Fsp3) is 0.909. The second-order valence-electron chi connectivity index (χ2n) is 4.02. The standard InChI is InChI=1S/C11H26N3O3P/c1-7-13(8-2)18(16,14(9-3)10-4)17-11(15)12(5)6/h7-10H2,1-6H3. The molecule has 0 unspecified atom stereocenters. The van der Waals surface area contributed by atoms with E-state index in [-0.39, 0.29) is 0 Å². The second-order valence-corrected chi connectivity index (χ2v) is 6.32. The number of hydrogen-bond donors (Lipinski definition) is 0. The summed E-state index contributed by atoms with van der Waals surface area (Å²) < 4.78 is 21.7. The molecule has 0 saturated heterocycles. The Morgan fingerprint density at radius 2 is 1.28 bits per heavy atom. The monoisotopic (exact) mass is 279 g/mol. The molecular formula is C11H26N3O3P. The molecule has 0 aliphatic rings. The van der Waals surface area contributed by atoms with E-state index in [1.54, 1.807) is 23.4 Å². The Bertz CT molecular complexity index is 286. The SMILES string of the molecule is CCN(CC)P(=O)(OC(=O)N(C)C)N(CC)CC. The van der Waals surface area contributed by atoms with Gasteiger partial charge in [-0.25, -0.2) is 18.7 Å². The van der Waals surface area contributed by atoms with Crippen molar-refractivity contribution in [1.29, 1.82) is 0 Å². The van der Waals surface area contributed by atoms with E-state index in [0.29, 0.717) is 26.2 Å². The second kappa shape index (κ2) is 7.77.